The van der Waals surface area contributed by atoms with E-state index in [1.54, 1.807) is 18.2 Å². The standard InChI is InChI=1S/C23H18N4O5/c1-2-14-12-16(27(31)32)10-11-19(14)24-13-18-21(28)25-23(30)26(22(18)29)20-9-5-7-15-6-3-4-8-17(15)20/h3-13,29H,2H2,1H3,(H,25,28,30). The van der Waals surface area contributed by atoms with Crippen molar-refractivity contribution in [1.29, 1.82) is 0 Å². The van der Waals surface area contributed by atoms with Crippen molar-refractivity contribution in [2.75, 3.05) is 0 Å². The van der Waals surface area contributed by atoms with E-state index in [0.717, 1.165) is 16.2 Å². The Morgan fingerprint density at radius 1 is 1.12 bits per heavy atom. The topological polar surface area (TPSA) is 131 Å². The number of aryl methyl sites for hydroxylation is 1. The van der Waals surface area contributed by atoms with Crippen LogP contribution in [0.2, 0.25) is 0 Å². The van der Waals surface area contributed by atoms with Gasteiger partial charge in [-0.15, -0.1) is 0 Å². The zero-order valence-electron chi connectivity index (χ0n) is 17.0. The minimum absolute atomic E-state index is 0.0639. The van der Waals surface area contributed by atoms with E-state index in [1.807, 2.05) is 31.2 Å². The Bertz CT molecular complexity index is 1500. The summed E-state index contributed by atoms with van der Waals surface area (Å²) in [5.74, 6) is -0.557. The number of hydrogen-bond acceptors (Lipinski definition) is 6. The molecule has 32 heavy (non-hydrogen) atoms. The third-order valence-electron chi connectivity index (χ3n) is 5.12. The minimum Gasteiger partial charge on any atom is -0.493 e. The molecule has 0 unspecified atom stereocenters. The fraction of sp³-hybridized carbons (Fsp3) is 0.0870. The Labute approximate surface area is 181 Å². The summed E-state index contributed by atoms with van der Waals surface area (Å²) in [5, 5.41) is 23.4. The van der Waals surface area contributed by atoms with Crippen molar-refractivity contribution >= 4 is 28.4 Å². The third-order valence-corrected chi connectivity index (χ3v) is 5.12. The summed E-state index contributed by atoms with van der Waals surface area (Å²) < 4.78 is 1.02. The lowest BCUT2D eigenvalue weighted by molar-refractivity contribution is -0.384. The number of nitrogens with zero attached hydrogens (tertiary/aromatic N) is 3. The van der Waals surface area contributed by atoms with E-state index in [0.29, 0.717) is 28.7 Å². The van der Waals surface area contributed by atoms with Crippen LogP contribution in [-0.2, 0) is 6.42 Å². The molecule has 0 saturated heterocycles. The van der Waals surface area contributed by atoms with E-state index in [9.17, 15) is 24.8 Å². The lowest BCUT2D eigenvalue weighted by atomic mass is 10.1. The van der Waals surface area contributed by atoms with Crippen LogP contribution in [0.3, 0.4) is 0 Å². The summed E-state index contributed by atoms with van der Waals surface area (Å²) in [5.41, 5.74) is -0.433. The number of fused-ring (bicyclic) bond motifs is 1. The first-order valence-electron chi connectivity index (χ1n) is 9.78. The molecule has 1 aromatic heterocycles. The number of hydrogen-bond donors (Lipinski definition) is 2. The van der Waals surface area contributed by atoms with E-state index in [4.69, 9.17) is 0 Å². The molecule has 0 atom stereocenters. The molecule has 9 nitrogen and oxygen atoms in total. The van der Waals surface area contributed by atoms with Gasteiger partial charge in [0, 0.05) is 23.7 Å². The molecular formula is C23H18N4O5. The maximum Gasteiger partial charge on any atom is 0.335 e. The van der Waals surface area contributed by atoms with Crippen molar-refractivity contribution in [3.8, 4) is 11.6 Å². The number of nitrogens with one attached hydrogen (secondary N) is 1. The highest BCUT2D eigenvalue weighted by Gasteiger charge is 2.16. The molecule has 3 aromatic carbocycles. The van der Waals surface area contributed by atoms with Crippen LogP contribution < -0.4 is 11.2 Å². The molecular weight excluding hydrogens is 412 g/mol. The lowest BCUT2D eigenvalue weighted by Gasteiger charge is -2.12. The molecule has 0 aliphatic heterocycles. The fourth-order valence-electron chi connectivity index (χ4n) is 3.51. The molecule has 0 amide bonds. The SMILES string of the molecule is CCc1cc([N+](=O)[O-])ccc1N=Cc1c(O)n(-c2cccc3ccccc23)c(=O)[nH]c1=O. The van der Waals surface area contributed by atoms with Gasteiger partial charge in [0.1, 0.15) is 5.56 Å². The van der Waals surface area contributed by atoms with Crippen LogP contribution in [0.15, 0.2) is 75.2 Å². The Kier molecular flexibility index (Phi) is 5.38. The summed E-state index contributed by atoms with van der Waals surface area (Å²) in [6.45, 7) is 1.82. The molecule has 9 heteroatoms. The molecule has 2 N–H and O–H groups in total. The molecule has 1 heterocycles. The number of nitro benzene ring substituents is 1. The molecule has 160 valence electrons. The Morgan fingerprint density at radius 2 is 1.88 bits per heavy atom. The minimum atomic E-state index is -0.798. The average Bonchev–Trinajstić information content (AvgIpc) is 2.78. The van der Waals surface area contributed by atoms with Crippen molar-refractivity contribution in [1.82, 2.24) is 9.55 Å². The smallest absolute Gasteiger partial charge is 0.335 e. The average molecular weight is 430 g/mol. The quantitative estimate of drug-likeness (QED) is 0.284. The van der Waals surface area contributed by atoms with Gasteiger partial charge in [-0.05, 0) is 29.5 Å². The van der Waals surface area contributed by atoms with Gasteiger partial charge < -0.3 is 5.11 Å². The first-order chi connectivity index (χ1) is 15.4. The molecule has 0 aliphatic rings. The molecule has 4 aromatic rings. The zero-order valence-corrected chi connectivity index (χ0v) is 17.0. The molecule has 0 bridgehead atoms. The van der Waals surface area contributed by atoms with Gasteiger partial charge in [0.25, 0.3) is 11.2 Å². The largest absolute Gasteiger partial charge is 0.493 e. The van der Waals surface area contributed by atoms with Crippen molar-refractivity contribution in [2.45, 2.75) is 13.3 Å². The van der Waals surface area contributed by atoms with Crippen LogP contribution in [0, 0.1) is 10.1 Å². The van der Waals surface area contributed by atoms with Crippen LogP contribution in [0.5, 0.6) is 5.88 Å². The maximum absolute atomic E-state index is 12.6. The van der Waals surface area contributed by atoms with E-state index in [-0.39, 0.29) is 11.3 Å². The van der Waals surface area contributed by atoms with Gasteiger partial charge in [-0.25, -0.2) is 9.36 Å². The van der Waals surface area contributed by atoms with Crippen molar-refractivity contribution in [3.63, 3.8) is 0 Å². The van der Waals surface area contributed by atoms with Crippen LogP contribution >= 0.6 is 0 Å². The third kappa shape index (κ3) is 3.67. The van der Waals surface area contributed by atoms with Gasteiger partial charge in [0.2, 0.25) is 5.88 Å². The lowest BCUT2D eigenvalue weighted by Crippen LogP contribution is -2.31. The van der Waals surface area contributed by atoms with Gasteiger partial charge in [0.05, 0.1) is 16.3 Å². The number of benzene rings is 3. The molecule has 0 fully saturated rings. The second-order valence-corrected chi connectivity index (χ2v) is 7.01. The number of rotatable bonds is 5. The van der Waals surface area contributed by atoms with Crippen molar-refractivity contribution in [2.24, 2.45) is 4.99 Å². The molecule has 0 saturated carbocycles. The number of nitro groups is 1. The summed E-state index contributed by atoms with van der Waals surface area (Å²) in [6, 6.07) is 16.8. The molecule has 4 rings (SSSR count). The number of H-pyrrole nitrogens is 1. The van der Waals surface area contributed by atoms with E-state index in [2.05, 4.69) is 9.98 Å². The summed E-state index contributed by atoms with van der Waals surface area (Å²) in [7, 11) is 0. The maximum atomic E-state index is 12.6. The second kappa shape index (κ2) is 8.31. The molecule has 0 spiro atoms. The number of aromatic hydroxyl groups is 1. The predicted octanol–water partition coefficient (Wildman–Crippen LogP) is 3.61. The zero-order chi connectivity index (χ0) is 22.8. The number of aromatic nitrogens is 2. The van der Waals surface area contributed by atoms with Gasteiger partial charge in [-0.2, -0.15) is 0 Å². The predicted molar refractivity (Wildman–Crippen MR) is 122 cm³/mol. The van der Waals surface area contributed by atoms with Crippen LogP contribution in [0.4, 0.5) is 11.4 Å². The Morgan fingerprint density at radius 3 is 2.62 bits per heavy atom. The highest BCUT2D eigenvalue weighted by atomic mass is 16.6. The van der Waals surface area contributed by atoms with Crippen molar-refractivity contribution < 1.29 is 10.0 Å². The highest BCUT2D eigenvalue weighted by Crippen LogP contribution is 2.27. The number of aromatic amines is 1. The number of aliphatic imine (C=N–C) groups is 1. The highest BCUT2D eigenvalue weighted by molar-refractivity contribution is 5.91. The van der Waals surface area contributed by atoms with E-state index < -0.39 is 22.1 Å². The monoisotopic (exact) mass is 430 g/mol. The second-order valence-electron chi connectivity index (χ2n) is 7.01. The van der Waals surface area contributed by atoms with E-state index >= 15 is 0 Å². The Hall–Kier alpha value is -4.53. The van der Waals surface area contributed by atoms with Gasteiger partial charge >= 0.3 is 5.69 Å². The van der Waals surface area contributed by atoms with Crippen LogP contribution in [-0.4, -0.2) is 25.8 Å². The first kappa shape index (κ1) is 20.7. The summed E-state index contributed by atoms with van der Waals surface area (Å²) in [4.78, 5) is 42.0. The van der Waals surface area contributed by atoms with Gasteiger partial charge in [0.15, 0.2) is 0 Å². The van der Waals surface area contributed by atoms with Gasteiger partial charge in [-0.3, -0.25) is 24.9 Å². The van der Waals surface area contributed by atoms with Crippen LogP contribution in [0.1, 0.15) is 18.1 Å². The molecule has 0 aliphatic carbocycles. The summed E-state index contributed by atoms with van der Waals surface area (Å²) in [6.07, 6.45) is 1.63. The first-order valence-corrected chi connectivity index (χ1v) is 9.78. The van der Waals surface area contributed by atoms with E-state index in [1.165, 1.54) is 18.2 Å². The van der Waals surface area contributed by atoms with Crippen LogP contribution in [0.25, 0.3) is 16.5 Å². The van der Waals surface area contributed by atoms with Crippen molar-refractivity contribution in [3.05, 3.63) is 103 Å². The summed E-state index contributed by atoms with van der Waals surface area (Å²) >= 11 is 0. The van der Waals surface area contributed by atoms with Gasteiger partial charge in [-0.1, -0.05) is 43.3 Å². The fourth-order valence-corrected chi connectivity index (χ4v) is 3.51. The number of non-ortho nitro benzene ring substituents is 1. The normalized spacial score (nSPS) is 11.3. The molecule has 0 radical (unpaired) electrons. The Balaban J connectivity index is 1.86.